The van der Waals surface area contributed by atoms with Gasteiger partial charge < -0.3 is 10.2 Å². The monoisotopic (exact) mass is 198 g/mol. The molecular weight excluding hydrogens is 176 g/mol. The molecule has 2 aliphatic carbocycles. The SMILES string of the molecule is OCC1CCC2(CCC(O)CC2)CC1. The largest absolute Gasteiger partial charge is 0.396 e. The first-order chi connectivity index (χ1) is 6.74. The van der Waals surface area contributed by atoms with Crippen LogP contribution in [0.15, 0.2) is 0 Å². The van der Waals surface area contributed by atoms with Gasteiger partial charge in [-0.05, 0) is 62.7 Å². The highest BCUT2D eigenvalue weighted by Gasteiger charge is 2.37. The van der Waals surface area contributed by atoms with Gasteiger partial charge in [0, 0.05) is 6.61 Å². The van der Waals surface area contributed by atoms with Gasteiger partial charge in [-0.1, -0.05) is 0 Å². The summed E-state index contributed by atoms with van der Waals surface area (Å²) in [7, 11) is 0. The third kappa shape index (κ3) is 2.12. The van der Waals surface area contributed by atoms with Gasteiger partial charge in [0.05, 0.1) is 6.10 Å². The zero-order chi connectivity index (χ0) is 10.0. The molecule has 0 atom stereocenters. The average molecular weight is 198 g/mol. The molecule has 0 heterocycles. The minimum Gasteiger partial charge on any atom is -0.396 e. The van der Waals surface area contributed by atoms with E-state index in [9.17, 15) is 5.11 Å². The quantitative estimate of drug-likeness (QED) is 0.677. The van der Waals surface area contributed by atoms with Crippen molar-refractivity contribution in [2.75, 3.05) is 6.61 Å². The Bertz CT molecular complexity index is 173. The van der Waals surface area contributed by atoms with Gasteiger partial charge >= 0.3 is 0 Å². The lowest BCUT2D eigenvalue weighted by Crippen LogP contribution is -2.34. The molecule has 0 aromatic rings. The summed E-state index contributed by atoms with van der Waals surface area (Å²) >= 11 is 0. The Labute approximate surface area is 86.3 Å². The maximum atomic E-state index is 9.48. The molecule has 0 aromatic carbocycles. The molecule has 2 nitrogen and oxygen atoms in total. The van der Waals surface area contributed by atoms with E-state index >= 15 is 0 Å². The summed E-state index contributed by atoms with van der Waals surface area (Å²) in [4.78, 5) is 0. The highest BCUT2D eigenvalue weighted by molar-refractivity contribution is 4.89. The number of aliphatic hydroxyl groups excluding tert-OH is 2. The third-order valence-corrected chi connectivity index (χ3v) is 4.44. The fraction of sp³-hybridized carbons (Fsp3) is 1.00. The molecule has 0 bridgehead atoms. The van der Waals surface area contributed by atoms with Crippen LogP contribution in [0.1, 0.15) is 51.4 Å². The second-order valence-electron chi connectivity index (χ2n) is 5.36. The Hall–Kier alpha value is -0.0800. The first kappa shape index (κ1) is 10.4. The van der Waals surface area contributed by atoms with Crippen molar-refractivity contribution in [2.45, 2.75) is 57.5 Å². The van der Waals surface area contributed by atoms with Crippen LogP contribution in [0.2, 0.25) is 0 Å². The lowest BCUT2D eigenvalue weighted by atomic mass is 9.63. The average Bonchev–Trinajstić information content (AvgIpc) is 2.24. The molecule has 2 saturated carbocycles. The summed E-state index contributed by atoms with van der Waals surface area (Å²) in [6.07, 6.45) is 9.37. The molecule has 2 heteroatoms. The third-order valence-electron chi connectivity index (χ3n) is 4.44. The minimum absolute atomic E-state index is 0.0313. The van der Waals surface area contributed by atoms with E-state index in [-0.39, 0.29) is 6.10 Å². The zero-order valence-corrected chi connectivity index (χ0v) is 8.91. The summed E-state index contributed by atoms with van der Waals surface area (Å²) in [5, 5.41) is 18.6. The smallest absolute Gasteiger partial charge is 0.0540 e. The molecule has 0 unspecified atom stereocenters. The van der Waals surface area contributed by atoms with Crippen LogP contribution < -0.4 is 0 Å². The molecule has 2 aliphatic rings. The molecule has 0 radical (unpaired) electrons. The van der Waals surface area contributed by atoms with Crippen LogP contribution in [0.5, 0.6) is 0 Å². The van der Waals surface area contributed by atoms with Gasteiger partial charge in [-0.15, -0.1) is 0 Å². The fourth-order valence-electron chi connectivity index (χ4n) is 3.19. The zero-order valence-electron chi connectivity index (χ0n) is 8.91. The Balaban J connectivity index is 1.86. The second-order valence-corrected chi connectivity index (χ2v) is 5.36. The van der Waals surface area contributed by atoms with E-state index < -0.39 is 0 Å². The van der Waals surface area contributed by atoms with E-state index in [0.29, 0.717) is 17.9 Å². The molecule has 1 spiro atoms. The molecule has 2 rings (SSSR count). The molecule has 0 aliphatic heterocycles. The van der Waals surface area contributed by atoms with Gasteiger partial charge in [0.25, 0.3) is 0 Å². The van der Waals surface area contributed by atoms with Crippen molar-refractivity contribution >= 4 is 0 Å². The molecule has 14 heavy (non-hydrogen) atoms. The van der Waals surface area contributed by atoms with Crippen LogP contribution in [0.25, 0.3) is 0 Å². The van der Waals surface area contributed by atoms with Gasteiger partial charge in [0.15, 0.2) is 0 Å². The van der Waals surface area contributed by atoms with E-state index in [1.807, 2.05) is 0 Å². The number of rotatable bonds is 1. The molecule has 2 fully saturated rings. The second kappa shape index (κ2) is 4.19. The van der Waals surface area contributed by atoms with E-state index in [4.69, 9.17) is 5.11 Å². The Morgan fingerprint density at radius 2 is 1.43 bits per heavy atom. The predicted molar refractivity (Wildman–Crippen MR) is 56.0 cm³/mol. The molecule has 82 valence electrons. The Morgan fingerprint density at radius 3 is 1.93 bits per heavy atom. The summed E-state index contributed by atoms with van der Waals surface area (Å²) in [6.45, 7) is 0.374. The minimum atomic E-state index is -0.0313. The van der Waals surface area contributed by atoms with Gasteiger partial charge in [0.2, 0.25) is 0 Å². The topological polar surface area (TPSA) is 40.5 Å². The number of hydrogen-bond donors (Lipinski definition) is 2. The van der Waals surface area contributed by atoms with E-state index in [0.717, 1.165) is 12.8 Å². The lowest BCUT2D eigenvalue weighted by Gasteiger charge is -2.43. The summed E-state index contributed by atoms with van der Waals surface area (Å²) in [5.41, 5.74) is 0.547. The highest BCUT2D eigenvalue weighted by Crippen LogP contribution is 2.48. The first-order valence-electron chi connectivity index (χ1n) is 6.03. The van der Waals surface area contributed by atoms with Crippen molar-refractivity contribution in [1.82, 2.24) is 0 Å². The van der Waals surface area contributed by atoms with Crippen molar-refractivity contribution < 1.29 is 10.2 Å². The molecule has 2 N–H and O–H groups in total. The maximum absolute atomic E-state index is 9.48. The Kier molecular flexibility index (Phi) is 3.13. The van der Waals surface area contributed by atoms with Gasteiger partial charge in [0.1, 0.15) is 0 Å². The highest BCUT2D eigenvalue weighted by atomic mass is 16.3. The molecular formula is C12H22O2. The van der Waals surface area contributed by atoms with Crippen LogP contribution in [-0.2, 0) is 0 Å². The maximum Gasteiger partial charge on any atom is 0.0540 e. The fourth-order valence-corrected chi connectivity index (χ4v) is 3.19. The van der Waals surface area contributed by atoms with Crippen LogP contribution in [0.4, 0.5) is 0 Å². The van der Waals surface area contributed by atoms with Crippen molar-refractivity contribution in [3.63, 3.8) is 0 Å². The summed E-state index contributed by atoms with van der Waals surface area (Å²) in [6, 6.07) is 0. The molecule has 0 aromatic heterocycles. The van der Waals surface area contributed by atoms with Crippen LogP contribution in [0.3, 0.4) is 0 Å². The molecule has 0 saturated heterocycles. The first-order valence-corrected chi connectivity index (χ1v) is 6.03. The van der Waals surface area contributed by atoms with E-state index in [1.54, 1.807) is 0 Å². The Morgan fingerprint density at radius 1 is 0.929 bits per heavy atom. The van der Waals surface area contributed by atoms with E-state index in [1.165, 1.54) is 38.5 Å². The summed E-state index contributed by atoms with van der Waals surface area (Å²) < 4.78 is 0. The predicted octanol–water partition coefficient (Wildman–Crippen LogP) is 2.09. The lowest BCUT2D eigenvalue weighted by molar-refractivity contribution is 0.0214. The van der Waals surface area contributed by atoms with E-state index in [2.05, 4.69) is 0 Å². The van der Waals surface area contributed by atoms with Crippen LogP contribution in [0, 0.1) is 11.3 Å². The van der Waals surface area contributed by atoms with Gasteiger partial charge in [-0.2, -0.15) is 0 Å². The van der Waals surface area contributed by atoms with Gasteiger partial charge in [-0.3, -0.25) is 0 Å². The standard InChI is InChI=1S/C12H22O2/c13-9-10-1-5-12(6-2-10)7-3-11(14)4-8-12/h10-11,13-14H,1-9H2. The normalized spacial score (nSPS) is 44.1. The van der Waals surface area contributed by atoms with Crippen LogP contribution >= 0.6 is 0 Å². The number of hydrogen-bond acceptors (Lipinski definition) is 2. The van der Waals surface area contributed by atoms with Crippen molar-refractivity contribution in [2.24, 2.45) is 11.3 Å². The van der Waals surface area contributed by atoms with Crippen molar-refractivity contribution in [3.05, 3.63) is 0 Å². The van der Waals surface area contributed by atoms with Gasteiger partial charge in [-0.25, -0.2) is 0 Å². The van der Waals surface area contributed by atoms with Crippen molar-refractivity contribution in [1.29, 1.82) is 0 Å². The van der Waals surface area contributed by atoms with Crippen LogP contribution in [-0.4, -0.2) is 22.9 Å². The molecule has 0 amide bonds. The van der Waals surface area contributed by atoms with Crippen molar-refractivity contribution in [3.8, 4) is 0 Å². The summed E-state index contributed by atoms with van der Waals surface area (Å²) in [5.74, 6) is 0.562. The number of aliphatic hydroxyl groups is 2.